The summed E-state index contributed by atoms with van der Waals surface area (Å²) < 4.78 is 0. The van der Waals surface area contributed by atoms with Crippen molar-refractivity contribution in [2.24, 2.45) is 5.73 Å². The predicted octanol–water partition coefficient (Wildman–Crippen LogP) is 2.13. The van der Waals surface area contributed by atoms with Gasteiger partial charge in [0.1, 0.15) is 0 Å². The third-order valence-electron chi connectivity index (χ3n) is 3.83. The molecule has 0 spiro atoms. The Balaban J connectivity index is 1.87. The number of nitrogens with one attached hydrogen (secondary N) is 1. The fourth-order valence-electron chi connectivity index (χ4n) is 2.87. The number of nitrogens with two attached hydrogens (primary N) is 1. The van der Waals surface area contributed by atoms with Crippen LogP contribution in [0.1, 0.15) is 44.9 Å². The first kappa shape index (κ1) is 11.7. The van der Waals surface area contributed by atoms with Crippen LogP contribution in [0.15, 0.2) is 0 Å². The zero-order valence-electron chi connectivity index (χ0n) is 9.63. The number of rotatable bonds is 3. The summed E-state index contributed by atoms with van der Waals surface area (Å²) in [6.07, 6.45) is 9.60. The van der Waals surface area contributed by atoms with Gasteiger partial charge in [-0.05, 0) is 31.4 Å². The van der Waals surface area contributed by atoms with Gasteiger partial charge in [-0.1, -0.05) is 19.3 Å². The quantitative estimate of drug-likeness (QED) is 0.777. The maximum absolute atomic E-state index is 5.98. The summed E-state index contributed by atoms with van der Waals surface area (Å²) in [5.74, 6) is 2.55. The summed E-state index contributed by atoms with van der Waals surface area (Å²) in [6, 6.07) is 0.751. The molecule has 1 heterocycles. The molecule has 1 saturated carbocycles. The van der Waals surface area contributed by atoms with Crippen LogP contribution in [0.4, 0.5) is 0 Å². The van der Waals surface area contributed by atoms with Crippen LogP contribution < -0.4 is 11.1 Å². The van der Waals surface area contributed by atoms with Crippen molar-refractivity contribution in [3.05, 3.63) is 0 Å². The van der Waals surface area contributed by atoms with Crippen LogP contribution in [0.3, 0.4) is 0 Å². The van der Waals surface area contributed by atoms with Crippen LogP contribution in [0.25, 0.3) is 0 Å². The largest absolute Gasteiger partial charge is 0.329 e. The Morgan fingerprint density at radius 3 is 2.60 bits per heavy atom. The molecule has 0 amide bonds. The first-order valence-electron chi connectivity index (χ1n) is 6.40. The van der Waals surface area contributed by atoms with E-state index in [1.807, 2.05) is 0 Å². The van der Waals surface area contributed by atoms with E-state index in [9.17, 15) is 0 Å². The molecule has 2 rings (SSSR count). The molecule has 3 N–H and O–H groups in total. The minimum absolute atomic E-state index is 0.269. The van der Waals surface area contributed by atoms with E-state index in [1.165, 1.54) is 56.5 Å². The van der Waals surface area contributed by atoms with Gasteiger partial charge in [-0.3, -0.25) is 0 Å². The summed E-state index contributed by atoms with van der Waals surface area (Å²) >= 11 is 2.07. The Morgan fingerprint density at radius 1 is 1.20 bits per heavy atom. The van der Waals surface area contributed by atoms with Gasteiger partial charge < -0.3 is 11.1 Å². The van der Waals surface area contributed by atoms with Crippen molar-refractivity contribution in [3.8, 4) is 0 Å². The molecule has 2 aliphatic rings. The Kier molecular flexibility index (Phi) is 4.35. The molecule has 0 aromatic carbocycles. The third kappa shape index (κ3) is 3.11. The zero-order chi connectivity index (χ0) is 10.6. The summed E-state index contributed by atoms with van der Waals surface area (Å²) in [5.41, 5.74) is 6.25. The molecule has 88 valence electrons. The highest BCUT2D eigenvalue weighted by Gasteiger charge is 2.33. The molecule has 1 unspecified atom stereocenters. The van der Waals surface area contributed by atoms with Gasteiger partial charge in [0.15, 0.2) is 0 Å². The van der Waals surface area contributed by atoms with E-state index in [4.69, 9.17) is 5.73 Å². The molecule has 1 atom stereocenters. The third-order valence-corrected chi connectivity index (χ3v) is 5.16. The molecule has 2 fully saturated rings. The number of hydrogen-bond acceptors (Lipinski definition) is 3. The highest BCUT2D eigenvalue weighted by Crippen LogP contribution is 2.28. The van der Waals surface area contributed by atoms with Crippen molar-refractivity contribution in [2.75, 3.05) is 18.1 Å². The highest BCUT2D eigenvalue weighted by atomic mass is 32.2. The lowest BCUT2D eigenvalue weighted by Gasteiger charge is -2.41. The van der Waals surface area contributed by atoms with Crippen molar-refractivity contribution in [2.45, 2.75) is 56.5 Å². The Bertz CT molecular complexity index is 184. The van der Waals surface area contributed by atoms with Gasteiger partial charge in [0.25, 0.3) is 0 Å². The Morgan fingerprint density at radius 2 is 2.00 bits per heavy atom. The second-order valence-corrected chi connectivity index (χ2v) is 6.23. The fourth-order valence-corrected chi connectivity index (χ4v) is 4.10. The molecule has 2 nitrogen and oxygen atoms in total. The van der Waals surface area contributed by atoms with Crippen molar-refractivity contribution in [1.82, 2.24) is 5.32 Å². The van der Waals surface area contributed by atoms with Gasteiger partial charge in [0.2, 0.25) is 0 Å². The van der Waals surface area contributed by atoms with Gasteiger partial charge in [0, 0.05) is 23.9 Å². The molecule has 0 radical (unpaired) electrons. The maximum Gasteiger partial charge on any atom is 0.0397 e. The number of hydrogen-bond donors (Lipinski definition) is 2. The molecule has 1 aliphatic heterocycles. The van der Waals surface area contributed by atoms with Gasteiger partial charge >= 0.3 is 0 Å². The van der Waals surface area contributed by atoms with Crippen LogP contribution in [-0.4, -0.2) is 29.6 Å². The lowest BCUT2D eigenvalue weighted by atomic mass is 9.89. The Labute approximate surface area is 97.8 Å². The molecule has 0 aromatic rings. The van der Waals surface area contributed by atoms with Crippen molar-refractivity contribution >= 4 is 11.8 Å². The summed E-state index contributed by atoms with van der Waals surface area (Å²) in [6.45, 7) is 0.816. The smallest absolute Gasteiger partial charge is 0.0397 e. The molecule has 0 aromatic heterocycles. The van der Waals surface area contributed by atoms with Crippen molar-refractivity contribution < 1.29 is 0 Å². The van der Waals surface area contributed by atoms with Gasteiger partial charge in [-0.2, -0.15) is 11.8 Å². The van der Waals surface area contributed by atoms with E-state index in [0.29, 0.717) is 0 Å². The number of thioether (sulfide) groups is 1. The van der Waals surface area contributed by atoms with E-state index in [0.717, 1.165) is 12.6 Å². The van der Waals surface area contributed by atoms with Crippen LogP contribution in [0, 0.1) is 0 Å². The second-order valence-electron chi connectivity index (χ2n) is 5.12. The molecular formula is C12H24N2S. The average Bonchev–Trinajstić information content (AvgIpc) is 2.32. The Hall–Kier alpha value is 0.270. The van der Waals surface area contributed by atoms with E-state index in [-0.39, 0.29) is 5.54 Å². The monoisotopic (exact) mass is 228 g/mol. The van der Waals surface area contributed by atoms with Crippen LogP contribution >= 0.6 is 11.8 Å². The summed E-state index contributed by atoms with van der Waals surface area (Å²) in [5, 5.41) is 3.88. The van der Waals surface area contributed by atoms with E-state index < -0.39 is 0 Å². The fraction of sp³-hybridized carbons (Fsp3) is 1.00. The molecule has 15 heavy (non-hydrogen) atoms. The van der Waals surface area contributed by atoms with E-state index in [2.05, 4.69) is 17.1 Å². The SMILES string of the molecule is NCC1(NC2CCCCC2)CCCSC1. The zero-order valence-corrected chi connectivity index (χ0v) is 10.5. The first-order chi connectivity index (χ1) is 7.35. The molecular weight excluding hydrogens is 204 g/mol. The normalized spacial score (nSPS) is 34.2. The summed E-state index contributed by atoms with van der Waals surface area (Å²) in [7, 11) is 0. The summed E-state index contributed by atoms with van der Waals surface area (Å²) in [4.78, 5) is 0. The molecule has 1 saturated heterocycles. The standard InChI is InChI=1S/C12H24N2S/c13-9-12(7-4-8-15-10-12)14-11-5-2-1-3-6-11/h11,14H,1-10,13H2. The average molecular weight is 228 g/mol. The van der Waals surface area contributed by atoms with Crippen LogP contribution in [0.2, 0.25) is 0 Å². The van der Waals surface area contributed by atoms with Crippen molar-refractivity contribution in [3.63, 3.8) is 0 Å². The van der Waals surface area contributed by atoms with Crippen LogP contribution in [-0.2, 0) is 0 Å². The minimum Gasteiger partial charge on any atom is -0.329 e. The van der Waals surface area contributed by atoms with E-state index in [1.54, 1.807) is 0 Å². The first-order valence-corrected chi connectivity index (χ1v) is 7.56. The lowest BCUT2D eigenvalue weighted by molar-refractivity contribution is 0.255. The molecule has 1 aliphatic carbocycles. The highest BCUT2D eigenvalue weighted by molar-refractivity contribution is 7.99. The predicted molar refractivity (Wildman–Crippen MR) is 68.4 cm³/mol. The minimum atomic E-state index is 0.269. The maximum atomic E-state index is 5.98. The van der Waals surface area contributed by atoms with Crippen LogP contribution in [0.5, 0.6) is 0 Å². The van der Waals surface area contributed by atoms with Gasteiger partial charge in [-0.15, -0.1) is 0 Å². The second kappa shape index (κ2) is 5.55. The lowest BCUT2D eigenvalue weighted by Crippen LogP contribution is -2.58. The van der Waals surface area contributed by atoms with E-state index >= 15 is 0 Å². The molecule has 0 bridgehead atoms. The molecule has 3 heteroatoms. The van der Waals surface area contributed by atoms with Gasteiger partial charge in [0.05, 0.1) is 0 Å². The van der Waals surface area contributed by atoms with Gasteiger partial charge in [-0.25, -0.2) is 0 Å². The van der Waals surface area contributed by atoms with Crippen molar-refractivity contribution in [1.29, 1.82) is 0 Å². The topological polar surface area (TPSA) is 38.0 Å².